The van der Waals surface area contributed by atoms with E-state index in [1.807, 2.05) is 0 Å². The molecule has 8 heteroatoms. The molecule has 4 aromatic rings. The van der Waals surface area contributed by atoms with Crippen molar-refractivity contribution in [2.24, 2.45) is 0 Å². The predicted molar refractivity (Wildman–Crippen MR) is 120 cm³/mol. The Morgan fingerprint density at radius 1 is 1.12 bits per heavy atom. The number of halogens is 1. The van der Waals surface area contributed by atoms with Crippen LogP contribution in [-0.4, -0.2) is 40.0 Å². The number of furan rings is 1. The molecule has 0 unspecified atom stereocenters. The normalized spacial score (nSPS) is 15.7. The standard InChI is InChI=1S/C25H22FN3O4/c26-19-9-3-1-7-17(19)21-11-12-22(33-21)25(31)29(14-16-6-5-13-32-16)15-23-27-20-10-4-2-8-18(20)24(30)28-23/h1-4,7-12,16H,5-6,13-15H2,(H,27,28,30)/t16-/m0/s1. The van der Waals surface area contributed by atoms with Crippen molar-refractivity contribution in [3.63, 3.8) is 0 Å². The van der Waals surface area contributed by atoms with Gasteiger partial charge in [0, 0.05) is 13.2 Å². The van der Waals surface area contributed by atoms with Crippen molar-refractivity contribution in [2.45, 2.75) is 25.5 Å². The number of hydrogen-bond acceptors (Lipinski definition) is 5. The molecule has 3 heterocycles. The fraction of sp³-hybridized carbons (Fsp3) is 0.240. The highest BCUT2D eigenvalue weighted by Crippen LogP contribution is 2.26. The Kier molecular flexibility index (Phi) is 5.75. The monoisotopic (exact) mass is 447 g/mol. The zero-order chi connectivity index (χ0) is 22.8. The van der Waals surface area contributed by atoms with Crippen molar-refractivity contribution < 1.29 is 18.3 Å². The Balaban J connectivity index is 1.45. The molecule has 5 rings (SSSR count). The van der Waals surface area contributed by atoms with Gasteiger partial charge in [-0.1, -0.05) is 24.3 Å². The molecule has 168 valence electrons. The molecular formula is C25H22FN3O4. The van der Waals surface area contributed by atoms with Crippen molar-refractivity contribution in [1.82, 2.24) is 14.9 Å². The molecule has 7 nitrogen and oxygen atoms in total. The van der Waals surface area contributed by atoms with Crippen LogP contribution in [0.1, 0.15) is 29.2 Å². The molecule has 1 fully saturated rings. The number of hydrogen-bond donors (Lipinski definition) is 1. The van der Waals surface area contributed by atoms with Crippen LogP contribution >= 0.6 is 0 Å². The van der Waals surface area contributed by atoms with Crippen molar-refractivity contribution >= 4 is 16.8 Å². The zero-order valence-corrected chi connectivity index (χ0v) is 17.8. The molecule has 0 aliphatic carbocycles. The first-order chi connectivity index (χ1) is 16.1. The van der Waals surface area contributed by atoms with Crippen LogP contribution in [0.3, 0.4) is 0 Å². The minimum Gasteiger partial charge on any atom is -0.451 e. The van der Waals surface area contributed by atoms with Crippen LogP contribution in [0.25, 0.3) is 22.2 Å². The number of amides is 1. The van der Waals surface area contributed by atoms with Gasteiger partial charge in [0.1, 0.15) is 17.4 Å². The van der Waals surface area contributed by atoms with E-state index in [4.69, 9.17) is 9.15 Å². The van der Waals surface area contributed by atoms with Gasteiger partial charge in [0.25, 0.3) is 11.5 Å². The summed E-state index contributed by atoms with van der Waals surface area (Å²) in [6.45, 7) is 1.05. The molecule has 0 radical (unpaired) electrons. The lowest BCUT2D eigenvalue weighted by molar-refractivity contribution is 0.0478. The molecule has 1 atom stereocenters. The number of aromatic nitrogens is 2. The molecule has 2 aromatic heterocycles. The first kappa shape index (κ1) is 21.1. The van der Waals surface area contributed by atoms with Crippen molar-refractivity contribution in [2.75, 3.05) is 13.2 Å². The fourth-order valence-corrected chi connectivity index (χ4v) is 4.06. The SMILES string of the molecule is O=C(c1ccc(-c2ccccc2F)o1)N(Cc1nc2ccccc2c(=O)[nH]1)C[C@@H]1CCCO1. The predicted octanol–water partition coefficient (Wildman–Crippen LogP) is 4.14. The first-order valence-corrected chi connectivity index (χ1v) is 10.8. The van der Waals surface area contributed by atoms with Gasteiger partial charge in [-0.15, -0.1) is 0 Å². The third-order valence-corrected chi connectivity index (χ3v) is 5.69. The second-order valence-corrected chi connectivity index (χ2v) is 7.99. The van der Waals surface area contributed by atoms with E-state index < -0.39 is 5.82 Å². The van der Waals surface area contributed by atoms with E-state index in [2.05, 4.69) is 9.97 Å². The van der Waals surface area contributed by atoms with E-state index in [-0.39, 0.29) is 41.2 Å². The molecule has 1 saturated heterocycles. The minimum atomic E-state index is -0.431. The summed E-state index contributed by atoms with van der Waals surface area (Å²) in [6, 6.07) is 16.4. The van der Waals surface area contributed by atoms with Gasteiger partial charge >= 0.3 is 0 Å². The van der Waals surface area contributed by atoms with Gasteiger partial charge in [-0.2, -0.15) is 0 Å². The van der Waals surface area contributed by atoms with Gasteiger partial charge in [0.15, 0.2) is 5.76 Å². The summed E-state index contributed by atoms with van der Waals surface area (Å²) in [7, 11) is 0. The fourth-order valence-electron chi connectivity index (χ4n) is 4.06. The van der Waals surface area contributed by atoms with Crippen LogP contribution < -0.4 is 5.56 Å². The molecule has 1 N–H and O–H groups in total. The summed E-state index contributed by atoms with van der Waals surface area (Å²) >= 11 is 0. The molecule has 1 aliphatic heterocycles. The minimum absolute atomic E-state index is 0.0779. The highest BCUT2D eigenvalue weighted by Gasteiger charge is 2.26. The molecule has 0 bridgehead atoms. The molecule has 0 saturated carbocycles. The van der Waals surface area contributed by atoms with Crippen molar-refractivity contribution in [1.29, 1.82) is 0 Å². The number of aromatic amines is 1. The van der Waals surface area contributed by atoms with E-state index in [0.29, 0.717) is 29.9 Å². The van der Waals surface area contributed by atoms with Gasteiger partial charge in [0.05, 0.1) is 29.1 Å². The third-order valence-electron chi connectivity index (χ3n) is 5.69. The number of nitrogens with zero attached hydrogens (tertiary/aromatic N) is 2. The number of carbonyl (C=O) groups is 1. The Morgan fingerprint density at radius 2 is 1.94 bits per heavy atom. The van der Waals surface area contributed by atoms with Gasteiger partial charge in [-0.3, -0.25) is 9.59 Å². The summed E-state index contributed by atoms with van der Waals surface area (Å²) in [4.78, 5) is 34.7. The highest BCUT2D eigenvalue weighted by atomic mass is 19.1. The lowest BCUT2D eigenvalue weighted by Crippen LogP contribution is -2.37. The molecule has 1 amide bonds. The number of nitrogens with one attached hydrogen (secondary N) is 1. The number of benzene rings is 2. The third kappa shape index (κ3) is 4.42. The topological polar surface area (TPSA) is 88.4 Å². The molecular weight excluding hydrogens is 425 g/mol. The number of carbonyl (C=O) groups excluding carboxylic acids is 1. The second-order valence-electron chi connectivity index (χ2n) is 7.99. The molecule has 2 aromatic carbocycles. The lowest BCUT2D eigenvalue weighted by Gasteiger charge is -2.24. The first-order valence-electron chi connectivity index (χ1n) is 10.8. The number of para-hydroxylation sites is 1. The van der Waals surface area contributed by atoms with E-state index in [1.54, 1.807) is 53.4 Å². The molecule has 33 heavy (non-hydrogen) atoms. The summed E-state index contributed by atoms with van der Waals surface area (Å²) < 4.78 is 25.6. The Labute approximate surface area is 188 Å². The van der Waals surface area contributed by atoms with Gasteiger partial charge < -0.3 is 19.0 Å². The van der Waals surface area contributed by atoms with Crippen molar-refractivity contribution in [3.8, 4) is 11.3 Å². The highest BCUT2D eigenvalue weighted by molar-refractivity contribution is 5.92. The summed E-state index contributed by atoms with van der Waals surface area (Å²) in [5.41, 5.74) is 0.573. The summed E-state index contributed by atoms with van der Waals surface area (Å²) in [5, 5.41) is 0.485. The quantitative estimate of drug-likeness (QED) is 0.480. The van der Waals surface area contributed by atoms with Crippen LogP contribution in [0.2, 0.25) is 0 Å². The van der Waals surface area contributed by atoms with Gasteiger partial charge in [-0.25, -0.2) is 9.37 Å². The summed E-state index contributed by atoms with van der Waals surface area (Å²) in [6.07, 6.45) is 1.65. The van der Waals surface area contributed by atoms with Gasteiger partial charge in [0.2, 0.25) is 0 Å². The number of H-pyrrole nitrogens is 1. The van der Waals surface area contributed by atoms with E-state index in [1.165, 1.54) is 12.1 Å². The van der Waals surface area contributed by atoms with Gasteiger partial charge in [-0.05, 0) is 49.2 Å². The average Bonchev–Trinajstić information content (AvgIpc) is 3.51. The lowest BCUT2D eigenvalue weighted by atomic mass is 10.1. The van der Waals surface area contributed by atoms with E-state index in [0.717, 1.165) is 12.8 Å². The van der Waals surface area contributed by atoms with Crippen LogP contribution in [0.15, 0.2) is 69.9 Å². The number of fused-ring (bicyclic) bond motifs is 1. The van der Waals surface area contributed by atoms with Crippen molar-refractivity contribution in [3.05, 3.63) is 88.4 Å². The maximum Gasteiger partial charge on any atom is 0.290 e. The zero-order valence-electron chi connectivity index (χ0n) is 17.8. The number of ether oxygens (including phenoxy) is 1. The molecule has 0 spiro atoms. The van der Waals surface area contributed by atoms with Crippen LogP contribution in [0.4, 0.5) is 4.39 Å². The van der Waals surface area contributed by atoms with Crippen LogP contribution in [0, 0.1) is 5.82 Å². The van der Waals surface area contributed by atoms with Crippen LogP contribution in [0.5, 0.6) is 0 Å². The smallest absolute Gasteiger partial charge is 0.290 e. The maximum atomic E-state index is 14.2. The average molecular weight is 447 g/mol. The largest absolute Gasteiger partial charge is 0.451 e. The van der Waals surface area contributed by atoms with Crippen LogP contribution in [-0.2, 0) is 11.3 Å². The Bertz CT molecular complexity index is 1360. The summed E-state index contributed by atoms with van der Waals surface area (Å²) in [5.74, 6) is -0.102. The van der Waals surface area contributed by atoms with E-state index in [9.17, 15) is 14.0 Å². The number of rotatable bonds is 6. The maximum absolute atomic E-state index is 14.2. The second kappa shape index (κ2) is 8.99. The Morgan fingerprint density at radius 3 is 2.76 bits per heavy atom. The Hall–Kier alpha value is -3.78. The van der Waals surface area contributed by atoms with E-state index >= 15 is 0 Å². The molecule has 1 aliphatic rings.